The van der Waals surface area contributed by atoms with Crippen molar-refractivity contribution in [2.45, 2.75) is 25.3 Å². The zero-order chi connectivity index (χ0) is 17.2. The molecular formula is C16H24N4O3S. The van der Waals surface area contributed by atoms with E-state index >= 15 is 0 Å². The first kappa shape index (κ1) is 17.2. The van der Waals surface area contributed by atoms with Crippen LogP contribution >= 0.6 is 0 Å². The number of fused-ring (bicyclic) bond motifs is 1. The van der Waals surface area contributed by atoms with E-state index in [1.54, 1.807) is 13.4 Å². The first-order valence-corrected chi connectivity index (χ1v) is 10.0. The molecule has 1 fully saturated rings. The van der Waals surface area contributed by atoms with Crippen LogP contribution in [0.2, 0.25) is 0 Å². The quantitative estimate of drug-likeness (QED) is 0.727. The normalized spacial score (nSPS) is 20.9. The molecule has 0 spiro atoms. The summed E-state index contributed by atoms with van der Waals surface area (Å²) in [5.41, 5.74) is 0.823. The van der Waals surface area contributed by atoms with Gasteiger partial charge in [-0.15, -0.1) is 0 Å². The van der Waals surface area contributed by atoms with Crippen LogP contribution in [0, 0.1) is 5.92 Å². The van der Waals surface area contributed by atoms with Gasteiger partial charge in [0.05, 0.1) is 16.9 Å². The highest BCUT2D eigenvalue weighted by Gasteiger charge is 2.35. The van der Waals surface area contributed by atoms with Crippen molar-refractivity contribution in [3.63, 3.8) is 0 Å². The third-order valence-electron chi connectivity index (χ3n) is 4.72. The smallest absolute Gasteiger partial charge is 0.150 e. The lowest BCUT2D eigenvalue weighted by molar-refractivity contribution is 0.199. The minimum absolute atomic E-state index is 0.216. The van der Waals surface area contributed by atoms with Crippen LogP contribution in [0.3, 0.4) is 0 Å². The van der Waals surface area contributed by atoms with Crippen molar-refractivity contribution >= 4 is 26.7 Å². The Morgan fingerprint density at radius 3 is 2.92 bits per heavy atom. The molecule has 0 saturated heterocycles. The Bertz CT molecular complexity index is 783. The maximum atomic E-state index is 12.1. The highest BCUT2D eigenvalue weighted by Crippen LogP contribution is 2.35. The number of nitrogens with one attached hydrogen (secondary N) is 1. The SMILES string of the molecule is COCCCS(=O)(=O)CC1CC(N(C)c2ncnc3[nH]ccc23)C1. The van der Waals surface area contributed by atoms with Crippen molar-refractivity contribution in [2.24, 2.45) is 5.92 Å². The van der Waals surface area contributed by atoms with E-state index in [0.29, 0.717) is 19.1 Å². The number of hydrogen-bond acceptors (Lipinski definition) is 6. The molecule has 3 rings (SSSR count). The summed E-state index contributed by atoms with van der Waals surface area (Å²) in [5, 5.41) is 0.996. The number of hydrogen-bond donors (Lipinski definition) is 1. The number of nitrogens with zero attached hydrogens (tertiary/aromatic N) is 3. The Kier molecular flexibility index (Phi) is 5.05. The lowest BCUT2D eigenvalue weighted by atomic mass is 9.81. The molecule has 24 heavy (non-hydrogen) atoms. The van der Waals surface area contributed by atoms with Gasteiger partial charge in [-0.25, -0.2) is 18.4 Å². The van der Waals surface area contributed by atoms with Gasteiger partial charge in [0.25, 0.3) is 0 Å². The molecule has 1 aliphatic rings. The number of aromatic nitrogens is 3. The Morgan fingerprint density at radius 2 is 2.17 bits per heavy atom. The second kappa shape index (κ2) is 7.06. The number of H-pyrrole nitrogens is 1. The van der Waals surface area contributed by atoms with Crippen LogP contribution in [0.1, 0.15) is 19.3 Å². The Labute approximate surface area is 142 Å². The molecule has 0 aliphatic heterocycles. The Balaban J connectivity index is 1.55. The number of rotatable bonds is 8. The molecule has 0 radical (unpaired) electrons. The minimum atomic E-state index is -2.98. The summed E-state index contributed by atoms with van der Waals surface area (Å²) in [5.74, 6) is 1.64. The van der Waals surface area contributed by atoms with Crippen molar-refractivity contribution in [2.75, 3.05) is 37.2 Å². The zero-order valence-corrected chi connectivity index (χ0v) is 14.9. The molecule has 0 aromatic carbocycles. The third-order valence-corrected chi connectivity index (χ3v) is 6.61. The van der Waals surface area contributed by atoms with Gasteiger partial charge in [-0.05, 0) is 31.2 Å². The number of aromatic amines is 1. The largest absolute Gasteiger partial charge is 0.385 e. The van der Waals surface area contributed by atoms with Crippen molar-refractivity contribution < 1.29 is 13.2 Å². The van der Waals surface area contributed by atoms with Crippen molar-refractivity contribution in [1.29, 1.82) is 0 Å². The molecule has 1 saturated carbocycles. The molecule has 7 nitrogen and oxygen atoms in total. The summed E-state index contributed by atoms with van der Waals surface area (Å²) in [4.78, 5) is 13.8. The van der Waals surface area contributed by atoms with Crippen LogP contribution in [-0.4, -0.2) is 61.7 Å². The fourth-order valence-corrected chi connectivity index (χ4v) is 5.05. The van der Waals surface area contributed by atoms with E-state index < -0.39 is 9.84 Å². The van der Waals surface area contributed by atoms with Gasteiger partial charge in [-0.2, -0.15) is 0 Å². The van der Waals surface area contributed by atoms with Gasteiger partial charge < -0.3 is 14.6 Å². The van der Waals surface area contributed by atoms with E-state index in [-0.39, 0.29) is 17.4 Å². The number of anilines is 1. The highest BCUT2D eigenvalue weighted by atomic mass is 32.2. The molecule has 0 atom stereocenters. The maximum absolute atomic E-state index is 12.1. The Hall–Kier alpha value is -1.67. The second-order valence-electron chi connectivity index (χ2n) is 6.50. The van der Waals surface area contributed by atoms with E-state index in [9.17, 15) is 8.42 Å². The minimum Gasteiger partial charge on any atom is -0.385 e. The van der Waals surface area contributed by atoms with Crippen molar-refractivity contribution in [1.82, 2.24) is 15.0 Å². The van der Waals surface area contributed by atoms with Gasteiger partial charge in [0.2, 0.25) is 0 Å². The van der Waals surface area contributed by atoms with Crippen LogP contribution < -0.4 is 4.90 Å². The van der Waals surface area contributed by atoms with E-state index in [0.717, 1.165) is 29.7 Å². The number of methoxy groups -OCH3 is 1. The lowest BCUT2D eigenvalue weighted by Crippen LogP contribution is -2.45. The van der Waals surface area contributed by atoms with Crippen LogP contribution in [-0.2, 0) is 14.6 Å². The van der Waals surface area contributed by atoms with E-state index in [1.807, 2.05) is 19.3 Å². The van der Waals surface area contributed by atoms with Gasteiger partial charge >= 0.3 is 0 Å². The van der Waals surface area contributed by atoms with Crippen LogP contribution in [0.25, 0.3) is 11.0 Å². The average molecular weight is 352 g/mol. The molecule has 2 aromatic heterocycles. The highest BCUT2D eigenvalue weighted by molar-refractivity contribution is 7.91. The first-order valence-electron chi connectivity index (χ1n) is 8.20. The number of ether oxygens (including phenoxy) is 1. The summed E-state index contributed by atoms with van der Waals surface area (Å²) in [7, 11) is 0.625. The van der Waals surface area contributed by atoms with Gasteiger partial charge in [-0.3, -0.25) is 0 Å². The molecule has 2 heterocycles. The molecule has 0 unspecified atom stereocenters. The predicted molar refractivity (Wildman–Crippen MR) is 94.0 cm³/mol. The standard InChI is InChI=1S/C16H24N4O3S/c1-20(16-14-4-5-17-15(14)18-11-19-16)13-8-12(9-13)10-24(21,22)7-3-6-23-2/h4-5,11-13H,3,6-10H2,1-2H3,(H,17,18,19). The van der Waals surface area contributed by atoms with Gasteiger partial charge in [0.15, 0.2) is 9.84 Å². The molecule has 8 heteroatoms. The molecular weight excluding hydrogens is 328 g/mol. The fraction of sp³-hybridized carbons (Fsp3) is 0.625. The van der Waals surface area contributed by atoms with Crippen molar-refractivity contribution in [3.8, 4) is 0 Å². The van der Waals surface area contributed by atoms with Gasteiger partial charge in [0.1, 0.15) is 17.8 Å². The molecule has 1 aliphatic carbocycles. The fourth-order valence-electron chi connectivity index (χ4n) is 3.33. The van der Waals surface area contributed by atoms with Crippen molar-refractivity contribution in [3.05, 3.63) is 18.6 Å². The molecule has 1 N–H and O–H groups in total. The molecule has 0 bridgehead atoms. The lowest BCUT2D eigenvalue weighted by Gasteiger charge is -2.41. The summed E-state index contributed by atoms with van der Waals surface area (Å²) in [6.07, 6.45) is 5.75. The Morgan fingerprint density at radius 1 is 1.38 bits per heavy atom. The van der Waals surface area contributed by atoms with Crippen LogP contribution in [0.5, 0.6) is 0 Å². The summed E-state index contributed by atoms with van der Waals surface area (Å²) >= 11 is 0. The average Bonchev–Trinajstić information content (AvgIpc) is 2.98. The van der Waals surface area contributed by atoms with E-state index in [2.05, 4.69) is 19.9 Å². The molecule has 132 valence electrons. The first-order chi connectivity index (χ1) is 11.5. The monoisotopic (exact) mass is 352 g/mol. The van der Waals surface area contributed by atoms with E-state index in [1.165, 1.54) is 0 Å². The molecule has 2 aromatic rings. The third kappa shape index (κ3) is 3.70. The van der Waals surface area contributed by atoms with Gasteiger partial charge in [-0.1, -0.05) is 0 Å². The summed E-state index contributed by atoms with van der Waals surface area (Å²) in [6, 6.07) is 2.30. The zero-order valence-electron chi connectivity index (χ0n) is 14.1. The maximum Gasteiger partial charge on any atom is 0.150 e. The number of sulfone groups is 1. The van der Waals surface area contributed by atoms with E-state index in [4.69, 9.17) is 4.74 Å². The van der Waals surface area contributed by atoms with Crippen LogP contribution in [0.15, 0.2) is 18.6 Å². The topological polar surface area (TPSA) is 88.2 Å². The predicted octanol–water partition coefficient (Wildman–Crippen LogP) is 1.62. The van der Waals surface area contributed by atoms with Gasteiger partial charge in [0, 0.05) is 33.0 Å². The summed E-state index contributed by atoms with van der Waals surface area (Å²) < 4.78 is 29.1. The summed E-state index contributed by atoms with van der Waals surface area (Å²) in [6.45, 7) is 0.496. The van der Waals surface area contributed by atoms with Crippen LogP contribution in [0.4, 0.5) is 5.82 Å². The molecule has 0 amide bonds. The second-order valence-corrected chi connectivity index (χ2v) is 8.73.